The Morgan fingerprint density at radius 2 is 2.27 bits per heavy atom. The van der Waals surface area contributed by atoms with Crippen molar-refractivity contribution in [2.24, 2.45) is 7.05 Å². The van der Waals surface area contributed by atoms with Crippen molar-refractivity contribution in [3.63, 3.8) is 0 Å². The van der Waals surface area contributed by atoms with Crippen LogP contribution in [0.25, 0.3) is 0 Å². The Bertz CT molecular complexity index is 484. The number of anilines is 1. The number of aromatic nitrogens is 4. The third-order valence-electron chi connectivity index (χ3n) is 1.74. The van der Waals surface area contributed by atoms with E-state index in [2.05, 4.69) is 15.5 Å². The summed E-state index contributed by atoms with van der Waals surface area (Å²) in [5.74, 6) is 0.462. The van der Waals surface area contributed by atoms with Crippen LogP contribution in [0.5, 0.6) is 11.8 Å². The van der Waals surface area contributed by atoms with Crippen molar-refractivity contribution in [3.8, 4) is 11.8 Å². The van der Waals surface area contributed by atoms with Crippen molar-refractivity contribution in [3.05, 3.63) is 23.2 Å². The molecule has 6 nitrogen and oxygen atoms in total. The topological polar surface area (TPSA) is 78.8 Å². The van der Waals surface area contributed by atoms with Crippen LogP contribution in [0, 0.1) is 0 Å². The molecule has 78 valence electrons. The van der Waals surface area contributed by atoms with E-state index in [1.165, 1.54) is 4.68 Å². The summed E-state index contributed by atoms with van der Waals surface area (Å²) >= 11 is 5.92. The number of ether oxygens (including phenoxy) is 1. The van der Waals surface area contributed by atoms with Crippen LogP contribution in [-0.2, 0) is 7.05 Å². The Kier molecular flexibility index (Phi) is 2.42. The molecule has 0 bridgehead atoms. The molecule has 0 spiro atoms. The van der Waals surface area contributed by atoms with Gasteiger partial charge in [-0.3, -0.25) is 0 Å². The molecule has 0 saturated carbocycles. The summed E-state index contributed by atoms with van der Waals surface area (Å²) in [5.41, 5.74) is 6.12. The SMILES string of the molecule is Cn1nnnc1Oc1ccc(N)cc1Cl. The summed E-state index contributed by atoms with van der Waals surface area (Å²) < 4.78 is 6.77. The number of halogens is 1. The average molecular weight is 226 g/mol. The first-order chi connectivity index (χ1) is 7.16. The van der Waals surface area contributed by atoms with E-state index in [1.54, 1.807) is 25.2 Å². The van der Waals surface area contributed by atoms with Crippen LogP contribution in [0.15, 0.2) is 18.2 Å². The van der Waals surface area contributed by atoms with Crippen LogP contribution in [0.1, 0.15) is 0 Å². The minimum Gasteiger partial charge on any atom is -0.422 e. The lowest BCUT2D eigenvalue weighted by Gasteiger charge is -2.05. The van der Waals surface area contributed by atoms with Gasteiger partial charge in [0.15, 0.2) is 0 Å². The van der Waals surface area contributed by atoms with Crippen molar-refractivity contribution >= 4 is 17.3 Å². The van der Waals surface area contributed by atoms with Gasteiger partial charge in [-0.15, -0.1) is 0 Å². The van der Waals surface area contributed by atoms with E-state index in [9.17, 15) is 0 Å². The summed E-state index contributed by atoms with van der Waals surface area (Å²) in [4.78, 5) is 0. The molecule has 0 unspecified atom stereocenters. The van der Waals surface area contributed by atoms with Gasteiger partial charge in [-0.05, 0) is 28.6 Å². The van der Waals surface area contributed by atoms with Gasteiger partial charge in [-0.25, -0.2) is 0 Å². The molecule has 1 aromatic heterocycles. The van der Waals surface area contributed by atoms with Gasteiger partial charge >= 0.3 is 6.01 Å². The molecule has 2 N–H and O–H groups in total. The van der Waals surface area contributed by atoms with Gasteiger partial charge < -0.3 is 10.5 Å². The van der Waals surface area contributed by atoms with Gasteiger partial charge in [0.25, 0.3) is 0 Å². The Labute approximate surface area is 90.6 Å². The molecule has 0 aliphatic heterocycles. The molecule has 0 atom stereocenters. The summed E-state index contributed by atoms with van der Waals surface area (Å²) in [5, 5.41) is 11.1. The molecular formula is C8H8ClN5O. The quantitative estimate of drug-likeness (QED) is 0.778. The monoisotopic (exact) mass is 225 g/mol. The first kappa shape index (κ1) is 9.72. The third kappa shape index (κ3) is 1.99. The maximum Gasteiger partial charge on any atom is 0.340 e. The van der Waals surface area contributed by atoms with E-state index >= 15 is 0 Å². The Morgan fingerprint density at radius 3 is 2.87 bits per heavy atom. The van der Waals surface area contributed by atoms with Crippen LogP contribution in [-0.4, -0.2) is 20.2 Å². The highest BCUT2D eigenvalue weighted by molar-refractivity contribution is 6.32. The van der Waals surface area contributed by atoms with Crippen molar-refractivity contribution < 1.29 is 4.74 Å². The number of nitrogen functional groups attached to an aromatic ring is 1. The van der Waals surface area contributed by atoms with Crippen LogP contribution < -0.4 is 10.5 Å². The molecule has 0 aliphatic carbocycles. The molecule has 2 rings (SSSR count). The molecule has 1 heterocycles. The number of nitrogens with zero attached hydrogens (tertiary/aromatic N) is 4. The standard InChI is InChI=1S/C8H8ClN5O/c1-14-8(11-12-13-14)15-7-3-2-5(10)4-6(7)9/h2-4H,10H2,1H3. The molecule has 2 aromatic rings. The van der Waals surface area contributed by atoms with Gasteiger partial charge in [0, 0.05) is 12.7 Å². The number of rotatable bonds is 2. The second-order valence-corrected chi connectivity index (χ2v) is 3.28. The number of aryl methyl sites for hydroxylation is 1. The van der Waals surface area contributed by atoms with Crippen molar-refractivity contribution in [2.75, 3.05) is 5.73 Å². The minimum absolute atomic E-state index is 0.265. The maximum atomic E-state index is 5.92. The zero-order chi connectivity index (χ0) is 10.8. The number of tetrazole rings is 1. The zero-order valence-electron chi connectivity index (χ0n) is 7.88. The predicted molar refractivity (Wildman–Crippen MR) is 54.7 cm³/mol. The van der Waals surface area contributed by atoms with Crippen molar-refractivity contribution in [1.29, 1.82) is 0 Å². The third-order valence-corrected chi connectivity index (χ3v) is 2.03. The van der Waals surface area contributed by atoms with Gasteiger partial charge in [0.05, 0.1) is 5.02 Å². The highest BCUT2D eigenvalue weighted by atomic mass is 35.5. The lowest BCUT2D eigenvalue weighted by Crippen LogP contribution is -1.96. The fourth-order valence-electron chi connectivity index (χ4n) is 1.01. The van der Waals surface area contributed by atoms with E-state index in [0.29, 0.717) is 16.5 Å². The maximum absolute atomic E-state index is 5.92. The Balaban J connectivity index is 2.29. The fourth-order valence-corrected chi connectivity index (χ4v) is 1.23. The minimum atomic E-state index is 0.265. The highest BCUT2D eigenvalue weighted by Gasteiger charge is 2.08. The lowest BCUT2D eigenvalue weighted by atomic mass is 10.3. The Morgan fingerprint density at radius 1 is 1.47 bits per heavy atom. The molecular weight excluding hydrogens is 218 g/mol. The van der Waals surface area contributed by atoms with Crippen molar-refractivity contribution in [1.82, 2.24) is 20.2 Å². The highest BCUT2D eigenvalue weighted by Crippen LogP contribution is 2.29. The number of hydrogen-bond acceptors (Lipinski definition) is 5. The molecule has 0 radical (unpaired) electrons. The average Bonchev–Trinajstić information content (AvgIpc) is 2.57. The van der Waals surface area contributed by atoms with Gasteiger partial charge in [0.1, 0.15) is 5.75 Å². The number of benzene rings is 1. The lowest BCUT2D eigenvalue weighted by molar-refractivity contribution is 0.415. The Hall–Kier alpha value is -1.82. The molecule has 0 amide bonds. The normalized spacial score (nSPS) is 10.3. The van der Waals surface area contributed by atoms with Gasteiger partial charge in [-0.1, -0.05) is 16.7 Å². The molecule has 0 saturated heterocycles. The van der Waals surface area contributed by atoms with Crippen LogP contribution in [0.3, 0.4) is 0 Å². The molecule has 0 fully saturated rings. The summed E-state index contributed by atoms with van der Waals surface area (Å²) in [7, 11) is 1.67. The molecule has 7 heteroatoms. The summed E-state index contributed by atoms with van der Waals surface area (Å²) in [6.45, 7) is 0. The van der Waals surface area contributed by atoms with E-state index < -0.39 is 0 Å². The fraction of sp³-hybridized carbons (Fsp3) is 0.125. The second kappa shape index (κ2) is 3.74. The van der Waals surface area contributed by atoms with Gasteiger partial charge in [-0.2, -0.15) is 4.68 Å². The van der Waals surface area contributed by atoms with Gasteiger partial charge in [0.2, 0.25) is 0 Å². The summed E-state index contributed by atoms with van der Waals surface area (Å²) in [6, 6.07) is 5.21. The van der Waals surface area contributed by atoms with E-state index in [4.69, 9.17) is 22.1 Å². The molecule has 1 aromatic carbocycles. The first-order valence-electron chi connectivity index (χ1n) is 4.12. The smallest absolute Gasteiger partial charge is 0.340 e. The van der Waals surface area contributed by atoms with Crippen molar-refractivity contribution in [2.45, 2.75) is 0 Å². The van der Waals surface area contributed by atoms with E-state index in [1.807, 2.05) is 0 Å². The first-order valence-corrected chi connectivity index (χ1v) is 4.50. The van der Waals surface area contributed by atoms with Crippen LogP contribution >= 0.6 is 11.6 Å². The van der Waals surface area contributed by atoms with Crippen LogP contribution in [0.4, 0.5) is 5.69 Å². The van der Waals surface area contributed by atoms with E-state index in [0.717, 1.165) is 0 Å². The summed E-state index contributed by atoms with van der Waals surface area (Å²) in [6.07, 6.45) is 0. The number of hydrogen-bond donors (Lipinski definition) is 1. The second-order valence-electron chi connectivity index (χ2n) is 2.88. The molecule has 15 heavy (non-hydrogen) atoms. The largest absolute Gasteiger partial charge is 0.422 e. The number of nitrogens with two attached hydrogens (primary N) is 1. The van der Waals surface area contributed by atoms with Crippen LogP contribution in [0.2, 0.25) is 5.02 Å². The zero-order valence-corrected chi connectivity index (χ0v) is 8.64. The molecule has 0 aliphatic rings. The van der Waals surface area contributed by atoms with E-state index in [-0.39, 0.29) is 6.01 Å². The predicted octanol–water partition coefficient (Wildman–Crippen LogP) is 1.24.